The van der Waals surface area contributed by atoms with E-state index in [9.17, 15) is 5.11 Å². The Morgan fingerprint density at radius 1 is 1.25 bits per heavy atom. The topological polar surface area (TPSA) is 59.3 Å². The first-order chi connectivity index (χ1) is 11.6. The van der Waals surface area contributed by atoms with Crippen LogP contribution in [0.3, 0.4) is 0 Å². The van der Waals surface area contributed by atoms with Crippen LogP contribution in [0.4, 0.5) is 0 Å². The molecule has 5 heteroatoms. The molecule has 1 fully saturated rings. The molecule has 2 N–H and O–H groups in total. The molecule has 1 saturated carbocycles. The van der Waals surface area contributed by atoms with E-state index in [4.69, 9.17) is 4.74 Å². The summed E-state index contributed by atoms with van der Waals surface area (Å²) in [6.07, 6.45) is 3.18. The highest BCUT2D eigenvalue weighted by molar-refractivity contribution is 5.21. The minimum atomic E-state index is -0.423. The molecule has 1 aliphatic rings. The Hall–Kier alpha value is -1.85. The van der Waals surface area contributed by atoms with Crippen molar-refractivity contribution >= 4 is 0 Å². The molecule has 24 heavy (non-hydrogen) atoms. The zero-order valence-corrected chi connectivity index (χ0v) is 14.4. The predicted octanol–water partition coefficient (Wildman–Crippen LogP) is 2.77. The molecule has 0 amide bonds. The maximum Gasteiger partial charge on any atom is 0.125 e. The normalized spacial score (nSPS) is 23.8. The number of benzene rings is 1. The third kappa shape index (κ3) is 3.97. The molecule has 3 rings (SSSR count). The average molecular weight is 329 g/mol. The lowest BCUT2D eigenvalue weighted by molar-refractivity contribution is 0.0349. The zero-order chi connectivity index (χ0) is 16.9. The first kappa shape index (κ1) is 17.0. The van der Waals surface area contributed by atoms with E-state index in [0.717, 1.165) is 31.7 Å². The molecular weight excluding hydrogens is 302 g/mol. The molecule has 1 aromatic carbocycles. The van der Waals surface area contributed by atoms with Crippen LogP contribution in [-0.2, 0) is 6.54 Å². The number of nitrogens with one attached hydrogen (secondary N) is 1. The van der Waals surface area contributed by atoms with E-state index in [1.165, 1.54) is 5.69 Å². The van der Waals surface area contributed by atoms with Crippen molar-refractivity contribution in [2.75, 3.05) is 6.54 Å². The average Bonchev–Trinajstić information content (AvgIpc) is 3.18. The molecule has 0 radical (unpaired) electrons. The first-order valence-corrected chi connectivity index (χ1v) is 8.78. The molecule has 5 nitrogen and oxygen atoms in total. The van der Waals surface area contributed by atoms with E-state index in [1.54, 1.807) is 0 Å². The van der Waals surface area contributed by atoms with Gasteiger partial charge in [-0.3, -0.25) is 4.68 Å². The molecule has 0 unspecified atom stereocenters. The van der Waals surface area contributed by atoms with Gasteiger partial charge in [0.25, 0.3) is 0 Å². The van der Waals surface area contributed by atoms with Crippen LogP contribution >= 0.6 is 0 Å². The van der Waals surface area contributed by atoms with Crippen molar-refractivity contribution in [3.63, 3.8) is 0 Å². The summed E-state index contributed by atoms with van der Waals surface area (Å²) >= 11 is 0. The Kier molecular flexibility index (Phi) is 5.53. The molecule has 0 aliphatic heterocycles. The smallest absolute Gasteiger partial charge is 0.125 e. The van der Waals surface area contributed by atoms with Crippen LogP contribution in [0.2, 0.25) is 0 Å². The highest BCUT2D eigenvalue weighted by atomic mass is 16.5. The van der Waals surface area contributed by atoms with Crippen molar-refractivity contribution in [1.82, 2.24) is 15.1 Å². The van der Waals surface area contributed by atoms with Gasteiger partial charge in [-0.15, -0.1) is 0 Å². The molecule has 1 heterocycles. The maximum absolute atomic E-state index is 10.5. The minimum Gasteiger partial charge on any atom is -0.488 e. The molecule has 1 aliphatic carbocycles. The predicted molar refractivity (Wildman–Crippen MR) is 93.9 cm³/mol. The minimum absolute atomic E-state index is 0.111. The van der Waals surface area contributed by atoms with Crippen LogP contribution in [-0.4, -0.2) is 33.6 Å². The van der Waals surface area contributed by atoms with Crippen molar-refractivity contribution in [1.29, 1.82) is 0 Å². The Balaban J connectivity index is 1.47. The quantitative estimate of drug-likeness (QED) is 0.820. The number of ether oxygens (including phenoxy) is 1. The third-order valence-electron chi connectivity index (χ3n) is 4.67. The fraction of sp³-hybridized carbons (Fsp3) is 0.526. The van der Waals surface area contributed by atoms with E-state index in [1.807, 2.05) is 47.3 Å². The molecule has 0 spiro atoms. The fourth-order valence-corrected chi connectivity index (χ4v) is 3.38. The zero-order valence-electron chi connectivity index (χ0n) is 14.4. The summed E-state index contributed by atoms with van der Waals surface area (Å²) < 4.78 is 7.96. The van der Waals surface area contributed by atoms with Gasteiger partial charge in [0, 0.05) is 31.2 Å². The summed E-state index contributed by atoms with van der Waals surface area (Å²) in [4.78, 5) is 0. The summed E-state index contributed by atoms with van der Waals surface area (Å²) in [5, 5.41) is 18.3. The van der Waals surface area contributed by atoms with Crippen LogP contribution in [0.25, 0.3) is 0 Å². The molecule has 1 aromatic heterocycles. The highest BCUT2D eigenvalue weighted by Crippen LogP contribution is 2.29. The number of aliphatic hydroxyl groups is 1. The lowest BCUT2D eigenvalue weighted by Gasteiger charge is -2.21. The van der Waals surface area contributed by atoms with Crippen molar-refractivity contribution in [3.05, 3.63) is 48.3 Å². The number of aromatic nitrogens is 2. The van der Waals surface area contributed by atoms with Gasteiger partial charge >= 0.3 is 0 Å². The van der Waals surface area contributed by atoms with Crippen molar-refractivity contribution in [2.24, 2.45) is 5.92 Å². The lowest BCUT2D eigenvalue weighted by Crippen LogP contribution is -2.35. The standard InChI is InChI=1S/C19H27N3O2/c1-14(2)22-16(10-11-21-22)13-20-12-15-8-9-18(19(15)23)24-17-6-4-3-5-7-17/h3-7,10-11,14-15,18-20,23H,8-9,12-13H2,1-2H3/t15-,18-,19-/m1/s1. The summed E-state index contributed by atoms with van der Waals surface area (Å²) in [5.41, 5.74) is 1.18. The molecule has 3 atom stereocenters. The van der Waals surface area contributed by atoms with Gasteiger partial charge in [0.15, 0.2) is 0 Å². The second-order valence-electron chi connectivity index (χ2n) is 6.79. The SMILES string of the molecule is CC(C)n1nccc1CNC[C@H]1CC[C@@H](Oc2ccccc2)[C@@H]1O. The number of hydrogen-bond acceptors (Lipinski definition) is 4. The third-order valence-corrected chi connectivity index (χ3v) is 4.67. The van der Waals surface area contributed by atoms with Gasteiger partial charge in [-0.05, 0) is 44.9 Å². The number of aliphatic hydroxyl groups excluding tert-OH is 1. The van der Waals surface area contributed by atoms with Crippen molar-refractivity contribution in [3.8, 4) is 5.75 Å². The van der Waals surface area contributed by atoms with E-state index >= 15 is 0 Å². The van der Waals surface area contributed by atoms with Gasteiger partial charge in [0.2, 0.25) is 0 Å². The summed E-state index contributed by atoms with van der Waals surface area (Å²) in [6.45, 7) is 5.82. The Labute approximate surface area is 143 Å². The molecule has 0 saturated heterocycles. The largest absolute Gasteiger partial charge is 0.488 e. The Bertz CT molecular complexity index is 627. The first-order valence-electron chi connectivity index (χ1n) is 8.78. The van der Waals surface area contributed by atoms with E-state index in [0.29, 0.717) is 6.04 Å². The van der Waals surface area contributed by atoms with Crippen LogP contribution in [0.1, 0.15) is 38.4 Å². The van der Waals surface area contributed by atoms with Gasteiger partial charge in [-0.25, -0.2) is 0 Å². The van der Waals surface area contributed by atoms with E-state index < -0.39 is 6.10 Å². The van der Waals surface area contributed by atoms with Crippen molar-refractivity contribution in [2.45, 2.75) is 51.5 Å². The Morgan fingerprint density at radius 3 is 2.79 bits per heavy atom. The maximum atomic E-state index is 10.5. The molecule has 130 valence electrons. The van der Waals surface area contributed by atoms with Crippen LogP contribution in [0.15, 0.2) is 42.6 Å². The summed E-state index contributed by atoms with van der Waals surface area (Å²) in [5.74, 6) is 1.06. The van der Waals surface area contributed by atoms with Crippen LogP contribution in [0.5, 0.6) is 5.75 Å². The van der Waals surface area contributed by atoms with Gasteiger partial charge < -0.3 is 15.2 Å². The number of nitrogens with zero attached hydrogens (tertiary/aromatic N) is 2. The van der Waals surface area contributed by atoms with E-state index in [2.05, 4.69) is 24.3 Å². The van der Waals surface area contributed by atoms with Gasteiger partial charge in [-0.2, -0.15) is 5.10 Å². The second-order valence-corrected chi connectivity index (χ2v) is 6.79. The highest BCUT2D eigenvalue weighted by Gasteiger charge is 2.35. The summed E-state index contributed by atoms with van der Waals surface area (Å²) in [7, 11) is 0. The van der Waals surface area contributed by atoms with Crippen molar-refractivity contribution < 1.29 is 9.84 Å². The molecular formula is C19H27N3O2. The van der Waals surface area contributed by atoms with Crippen LogP contribution < -0.4 is 10.1 Å². The van der Waals surface area contributed by atoms with Gasteiger partial charge in [0.1, 0.15) is 11.9 Å². The molecule has 2 aromatic rings. The fourth-order valence-electron chi connectivity index (χ4n) is 3.38. The number of rotatable bonds is 7. The van der Waals surface area contributed by atoms with Crippen LogP contribution in [0, 0.1) is 5.92 Å². The van der Waals surface area contributed by atoms with E-state index in [-0.39, 0.29) is 12.0 Å². The number of para-hydroxylation sites is 1. The molecule has 0 bridgehead atoms. The summed E-state index contributed by atoms with van der Waals surface area (Å²) in [6, 6.07) is 12.1. The monoisotopic (exact) mass is 329 g/mol. The van der Waals surface area contributed by atoms with Gasteiger partial charge in [0.05, 0.1) is 11.8 Å². The lowest BCUT2D eigenvalue weighted by atomic mass is 10.1. The number of hydrogen-bond donors (Lipinski definition) is 2. The van der Waals surface area contributed by atoms with Gasteiger partial charge in [-0.1, -0.05) is 18.2 Å². The Morgan fingerprint density at radius 2 is 2.04 bits per heavy atom. The second kappa shape index (κ2) is 7.81.